The molecule has 1 spiro atoms. The summed E-state index contributed by atoms with van der Waals surface area (Å²) in [5.74, 6) is -1.09. The number of ether oxygens (including phenoxy) is 2. The van der Waals surface area contributed by atoms with Gasteiger partial charge in [-0.1, -0.05) is 0 Å². The van der Waals surface area contributed by atoms with E-state index >= 15 is 0 Å². The van der Waals surface area contributed by atoms with Crippen molar-refractivity contribution in [1.29, 1.82) is 5.26 Å². The highest BCUT2D eigenvalue weighted by Crippen LogP contribution is 2.31. The van der Waals surface area contributed by atoms with Crippen molar-refractivity contribution in [2.24, 2.45) is 0 Å². The third kappa shape index (κ3) is 3.72. The summed E-state index contributed by atoms with van der Waals surface area (Å²) in [6.45, 7) is 2.26. The van der Waals surface area contributed by atoms with Crippen LogP contribution in [0.1, 0.15) is 24.8 Å². The molecule has 2 amide bonds. The van der Waals surface area contributed by atoms with Gasteiger partial charge in [-0.3, -0.25) is 9.59 Å². The van der Waals surface area contributed by atoms with Gasteiger partial charge in [0.2, 0.25) is 11.8 Å². The normalized spacial score (nSPS) is 19.0. The van der Waals surface area contributed by atoms with Crippen LogP contribution in [0.5, 0.6) is 0 Å². The fourth-order valence-corrected chi connectivity index (χ4v) is 2.96. The molecular formula is C17H19N3O4. The Morgan fingerprint density at radius 3 is 2.38 bits per heavy atom. The number of benzene rings is 1. The van der Waals surface area contributed by atoms with Crippen molar-refractivity contribution in [3.05, 3.63) is 29.8 Å². The zero-order chi connectivity index (χ0) is 17.0. The summed E-state index contributed by atoms with van der Waals surface area (Å²) >= 11 is 0. The van der Waals surface area contributed by atoms with Crippen LogP contribution in [0.4, 0.5) is 5.69 Å². The number of nitrogens with one attached hydrogen (secondary N) is 1. The zero-order valence-electron chi connectivity index (χ0n) is 13.3. The predicted molar refractivity (Wildman–Crippen MR) is 84.9 cm³/mol. The second-order valence-corrected chi connectivity index (χ2v) is 5.90. The lowest BCUT2D eigenvalue weighted by molar-refractivity contribution is -0.187. The SMILES string of the molecule is N#Cc1ccc(NC(=O)CC(=O)N2CCC3(CC2)OCCO3)cc1. The van der Waals surface area contributed by atoms with Gasteiger partial charge in [0.25, 0.3) is 0 Å². The Hall–Kier alpha value is -2.43. The highest BCUT2D eigenvalue weighted by Gasteiger charge is 2.40. The molecule has 1 N–H and O–H groups in total. The van der Waals surface area contributed by atoms with E-state index in [2.05, 4.69) is 5.32 Å². The van der Waals surface area contributed by atoms with Gasteiger partial charge in [-0.25, -0.2) is 0 Å². The van der Waals surface area contributed by atoms with Gasteiger partial charge < -0.3 is 19.7 Å². The van der Waals surface area contributed by atoms with E-state index in [9.17, 15) is 9.59 Å². The first-order valence-corrected chi connectivity index (χ1v) is 7.96. The van der Waals surface area contributed by atoms with Crippen LogP contribution in [0.2, 0.25) is 0 Å². The monoisotopic (exact) mass is 329 g/mol. The Balaban J connectivity index is 1.47. The molecule has 7 nitrogen and oxygen atoms in total. The molecule has 1 aromatic carbocycles. The zero-order valence-corrected chi connectivity index (χ0v) is 13.3. The Bertz CT molecular complexity index is 649. The highest BCUT2D eigenvalue weighted by atomic mass is 16.7. The van der Waals surface area contributed by atoms with Gasteiger partial charge in [-0.15, -0.1) is 0 Å². The number of nitriles is 1. The summed E-state index contributed by atoms with van der Waals surface area (Å²) in [5.41, 5.74) is 1.08. The quantitative estimate of drug-likeness (QED) is 0.843. The van der Waals surface area contributed by atoms with E-state index in [1.807, 2.05) is 6.07 Å². The van der Waals surface area contributed by atoms with Gasteiger partial charge in [0.1, 0.15) is 6.42 Å². The molecular weight excluding hydrogens is 310 g/mol. The minimum atomic E-state index is -0.526. The second kappa shape index (κ2) is 6.99. The molecule has 0 atom stereocenters. The summed E-state index contributed by atoms with van der Waals surface area (Å²) in [5, 5.41) is 11.4. The molecule has 0 aliphatic carbocycles. The Morgan fingerprint density at radius 1 is 1.17 bits per heavy atom. The standard InChI is InChI=1S/C17H19N3O4/c18-12-13-1-3-14(4-2-13)19-15(21)11-16(22)20-7-5-17(6-8-20)23-9-10-24-17/h1-4H,5-11H2,(H,19,21). The average Bonchev–Trinajstić information content (AvgIpc) is 3.04. The van der Waals surface area contributed by atoms with Crippen molar-refractivity contribution in [2.45, 2.75) is 25.0 Å². The predicted octanol–water partition coefficient (Wildman–Crippen LogP) is 1.25. The molecule has 0 bridgehead atoms. The maximum absolute atomic E-state index is 12.2. The van der Waals surface area contributed by atoms with Gasteiger partial charge >= 0.3 is 0 Å². The van der Waals surface area contributed by atoms with E-state index < -0.39 is 5.79 Å². The molecule has 0 aromatic heterocycles. The fourth-order valence-electron chi connectivity index (χ4n) is 2.96. The maximum Gasteiger partial charge on any atom is 0.233 e. The lowest BCUT2D eigenvalue weighted by Gasteiger charge is -2.37. The minimum absolute atomic E-state index is 0.200. The van der Waals surface area contributed by atoms with Crippen molar-refractivity contribution in [3.63, 3.8) is 0 Å². The average molecular weight is 329 g/mol. The molecule has 2 aliphatic heterocycles. The third-order valence-electron chi connectivity index (χ3n) is 4.30. The van der Waals surface area contributed by atoms with Gasteiger partial charge in [-0.2, -0.15) is 5.26 Å². The van der Waals surface area contributed by atoms with Crippen LogP contribution in [-0.4, -0.2) is 48.8 Å². The van der Waals surface area contributed by atoms with Crippen LogP contribution in [0.25, 0.3) is 0 Å². The number of amides is 2. The Labute approximate surface area is 140 Å². The van der Waals surface area contributed by atoms with E-state index in [4.69, 9.17) is 14.7 Å². The largest absolute Gasteiger partial charge is 0.347 e. The molecule has 3 rings (SSSR count). The molecule has 2 aliphatic rings. The molecule has 7 heteroatoms. The third-order valence-corrected chi connectivity index (χ3v) is 4.30. The molecule has 2 fully saturated rings. The number of carbonyl (C=O) groups excluding carboxylic acids is 2. The maximum atomic E-state index is 12.2. The van der Waals surface area contributed by atoms with Crippen molar-refractivity contribution in [1.82, 2.24) is 4.90 Å². The smallest absolute Gasteiger partial charge is 0.233 e. The van der Waals surface area contributed by atoms with Crippen LogP contribution >= 0.6 is 0 Å². The lowest BCUT2D eigenvalue weighted by atomic mass is 10.0. The minimum Gasteiger partial charge on any atom is -0.347 e. The summed E-state index contributed by atoms with van der Waals surface area (Å²) in [7, 11) is 0. The Kier molecular flexibility index (Phi) is 4.79. The number of rotatable bonds is 3. The van der Waals surface area contributed by atoms with Crippen LogP contribution in [0.15, 0.2) is 24.3 Å². The van der Waals surface area contributed by atoms with E-state index in [1.54, 1.807) is 29.2 Å². The lowest BCUT2D eigenvalue weighted by Crippen LogP contribution is -2.47. The first kappa shape index (κ1) is 16.4. The molecule has 0 unspecified atom stereocenters. The summed E-state index contributed by atoms with van der Waals surface area (Å²) in [6, 6.07) is 8.52. The summed E-state index contributed by atoms with van der Waals surface area (Å²) < 4.78 is 11.3. The molecule has 2 heterocycles. The number of hydrogen-bond acceptors (Lipinski definition) is 5. The van der Waals surface area contributed by atoms with Crippen molar-refractivity contribution >= 4 is 17.5 Å². The van der Waals surface area contributed by atoms with E-state index in [1.165, 1.54) is 0 Å². The molecule has 0 saturated carbocycles. The molecule has 24 heavy (non-hydrogen) atoms. The molecule has 1 aromatic rings. The van der Waals surface area contributed by atoms with Crippen LogP contribution in [0, 0.1) is 11.3 Å². The molecule has 126 valence electrons. The van der Waals surface area contributed by atoms with Crippen molar-refractivity contribution < 1.29 is 19.1 Å². The van der Waals surface area contributed by atoms with E-state index in [0.717, 1.165) is 0 Å². The number of piperidine rings is 1. The number of carbonyl (C=O) groups is 2. The van der Waals surface area contributed by atoms with Gasteiger partial charge in [0.05, 0.1) is 24.8 Å². The van der Waals surface area contributed by atoms with Crippen molar-refractivity contribution in [3.8, 4) is 6.07 Å². The highest BCUT2D eigenvalue weighted by molar-refractivity contribution is 6.03. The van der Waals surface area contributed by atoms with Gasteiger partial charge in [0.15, 0.2) is 5.79 Å². The Morgan fingerprint density at radius 2 is 1.79 bits per heavy atom. The van der Waals surface area contributed by atoms with E-state index in [-0.39, 0.29) is 18.2 Å². The summed E-state index contributed by atoms with van der Waals surface area (Å²) in [6.07, 6.45) is 1.07. The fraction of sp³-hybridized carbons (Fsp3) is 0.471. The van der Waals surface area contributed by atoms with Crippen LogP contribution in [0.3, 0.4) is 0 Å². The number of anilines is 1. The van der Waals surface area contributed by atoms with Crippen LogP contribution < -0.4 is 5.32 Å². The molecule has 2 saturated heterocycles. The molecule has 0 radical (unpaired) electrons. The summed E-state index contributed by atoms with van der Waals surface area (Å²) in [4.78, 5) is 25.9. The van der Waals surface area contributed by atoms with Gasteiger partial charge in [-0.05, 0) is 24.3 Å². The van der Waals surface area contributed by atoms with Crippen LogP contribution in [-0.2, 0) is 19.1 Å². The van der Waals surface area contributed by atoms with Gasteiger partial charge in [0, 0.05) is 31.6 Å². The second-order valence-electron chi connectivity index (χ2n) is 5.90. The van der Waals surface area contributed by atoms with E-state index in [0.29, 0.717) is 50.4 Å². The first-order valence-electron chi connectivity index (χ1n) is 7.96. The topological polar surface area (TPSA) is 91.7 Å². The number of likely N-dealkylation sites (tertiary alicyclic amines) is 1. The van der Waals surface area contributed by atoms with Crippen molar-refractivity contribution in [2.75, 3.05) is 31.6 Å². The first-order chi connectivity index (χ1) is 11.6. The number of hydrogen-bond donors (Lipinski definition) is 1. The number of nitrogens with zero attached hydrogens (tertiary/aromatic N) is 2.